The zero-order valence-electron chi connectivity index (χ0n) is 24.5. The maximum atomic E-state index is 2.59. The number of rotatable bonds is 2. The molecule has 0 aliphatic heterocycles. The maximum Gasteiger partial charge on any atom is 0.0215 e. The van der Waals surface area contributed by atoms with E-state index in [1.807, 2.05) is 0 Å². The van der Waals surface area contributed by atoms with Crippen molar-refractivity contribution in [3.05, 3.63) is 141 Å². The molecule has 0 radical (unpaired) electrons. The first-order valence-electron chi connectivity index (χ1n) is 15.7. The van der Waals surface area contributed by atoms with E-state index >= 15 is 0 Å². The maximum absolute atomic E-state index is 2.59. The second kappa shape index (κ2) is 9.18. The van der Waals surface area contributed by atoms with Crippen molar-refractivity contribution >= 4 is 131 Å². The van der Waals surface area contributed by atoms with Gasteiger partial charge in [-0.05, 0) is 166 Å². The Morgan fingerprint density at radius 1 is 0.261 bits per heavy atom. The third-order valence-electron chi connectivity index (χ3n) is 10.4. The predicted molar refractivity (Wildman–Crippen MR) is 216 cm³/mol. The fourth-order valence-corrected chi connectivity index (χ4v) is 10.2. The monoisotopic (exact) mass is 804 g/mol. The van der Waals surface area contributed by atoms with Gasteiger partial charge in [0.05, 0.1) is 0 Å². The fourth-order valence-electron chi connectivity index (χ4n) is 8.68. The molecule has 0 saturated carbocycles. The van der Waals surface area contributed by atoms with Gasteiger partial charge in [-0.1, -0.05) is 121 Å². The Morgan fingerprint density at radius 2 is 0.652 bits per heavy atom. The van der Waals surface area contributed by atoms with Crippen LogP contribution >= 0.6 is 45.2 Å². The molecular formula is C44H22I2. The van der Waals surface area contributed by atoms with Crippen molar-refractivity contribution < 1.29 is 0 Å². The van der Waals surface area contributed by atoms with Crippen LogP contribution in [0.4, 0.5) is 0 Å². The highest BCUT2D eigenvalue weighted by molar-refractivity contribution is 14.1. The molecule has 0 bridgehead atoms. The second-order valence-corrected chi connectivity index (χ2v) is 14.9. The van der Waals surface area contributed by atoms with E-state index in [-0.39, 0.29) is 0 Å². The van der Waals surface area contributed by atoms with Gasteiger partial charge in [0.25, 0.3) is 0 Å². The van der Waals surface area contributed by atoms with Gasteiger partial charge in [-0.15, -0.1) is 0 Å². The minimum absolute atomic E-state index is 1.26. The van der Waals surface area contributed by atoms with E-state index in [0.29, 0.717) is 0 Å². The van der Waals surface area contributed by atoms with Crippen molar-refractivity contribution in [2.24, 2.45) is 0 Å². The van der Waals surface area contributed by atoms with E-state index in [1.54, 1.807) is 0 Å². The van der Waals surface area contributed by atoms with E-state index < -0.39 is 0 Å². The molecule has 0 spiro atoms. The first-order valence-corrected chi connectivity index (χ1v) is 17.8. The van der Waals surface area contributed by atoms with Crippen molar-refractivity contribution in [2.45, 2.75) is 0 Å². The van der Waals surface area contributed by atoms with E-state index in [0.717, 1.165) is 0 Å². The summed E-state index contributed by atoms with van der Waals surface area (Å²) in [6.45, 7) is 0. The molecule has 2 heteroatoms. The van der Waals surface area contributed by atoms with Crippen LogP contribution in [-0.4, -0.2) is 0 Å². The van der Waals surface area contributed by atoms with Crippen LogP contribution in [0, 0.1) is 7.14 Å². The minimum Gasteiger partial charge on any atom is -0.0622 e. The van der Waals surface area contributed by atoms with Crippen molar-refractivity contribution in [1.82, 2.24) is 0 Å². The molecule has 0 aromatic heterocycles. The van der Waals surface area contributed by atoms with E-state index in [1.165, 1.54) is 116 Å². The average Bonchev–Trinajstić information content (AvgIpc) is 3.11. The van der Waals surface area contributed by atoms with Crippen molar-refractivity contribution in [3.8, 4) is 22.3 Å². The molecular weight excluding hydrogens is 782 g/mol. The molecule has 0 heterocycles. The van der Waals surface area contributed by atoms with Gasteiger partial charge in [-0.2, -0.15) is 0 Å². The first kappa shape index (κ1) is 25.9. The van der Waals surface area contributed by atoms with Gasteiger partial charge in [0.1, 0.15) is 0 Å². The molecule has 0 amide bonds. The lowest BCUT2D eigenvalue weighted by Crippen LogP contribution is -1.98. The molecule has 46 heavy (non-hydrogen) atoms. The normalized spacial score (nSPS) is 12.6. The van der Waals surface area contributed by atoms with E-state index in [9.17, 15) is 0 Å². The Bertz CT molecular complexity index is 2990. The van der Waals surface area contributed by atoms with E-state index in [4.69, 9.17) is 0 Å². The molecule has 0 unspecified atom stereocenters. The Balaban J connectivity index is 1.50. The van der Waals surface area contributed by atoms with Crippen LogP contribution in [0.2, 0.25) is 0 Å². The number of hydrogen-bond donors (Lipinski definition) is 0. The largest absolute Gasteiger partial charge is 0.0622 e. The summed E-state index contributed by atoms with van der Waals surface area (Å²) in [5, 5.41) is 21.9. The lowest BCUT2D eigenvalue weighted by atomic mass is 9.78. The fraction of sp³-hybridized carbons (Fsp3) is 0. The molecule has 0 saturated heterocycles. The van der Waals surface area contributed by atoms with Gasteiger partial charge < -0.3 is 0 Å². The lowest BCUT2D eigenvalue weighted by molar-refractivity contribution is 1.66. The van der Waals surface area contributed by atoms with Crippen LogP contribution in [0.15, 0.2) is 133 Å². The Labute approximate surface area is 291 Å². The van der Waals surface area contributed by atoms with Crippen molar-refractivity contribution in [1.29, 1.82) is 0 Å². The topological polar surface area (TPSA) is 0 Å². The quantitative estimate of drug-likeness (QED) is 0.0928. The molecule has 0 atom stereocenters. The third kappa shape index (κ3) is 3.14. The molecule has 0 fully saturated rings. The highest BCUT2D eigenvalue weighted by Gasteiger charge is 2.27. The zero-order valence-corrected chi connectivity index (χ0v) is 28.8. The summed E-state index contributed by atoms with van der Waals surface area (Å²) in [6.07, 6.45) is 0. The second-order valence-electron chi connectivity index (χ2n) is 12.6. The Morgan fingerprint density at radius 3 is 1.26 bits per heavy atom. The molecule has 11 rings (SSSR count). The summed E-state index contributed by atoms with van der Waals surface area (Å²) in [4.78, 5) is 0. The van der Waals surface area contributed by atoms with Gasteiger partial charge in [-0.3, -0.25) is 0 Å². The van der Waals surface area contributed by atoms with Crippen molar-refractivity contribution in [3.63, 3.8) is 0 Å². The van der Waals surface area contributed by atoms with Crippen LogP contribution in [0.3, 0.4) is 0 Å². The van der Waals surface area contributed by atoms with Gasteiger partial charge in [0, 0.05) is 7.14 Å². The summed E-state index contributed by atoms with van der Waals surface area (Å²) in [7, 11) is 0. The summed E-state index contributed by atoms with van der Waals surface area (Å²) in [6, 6.07) is 50.1. The number of halogens is 2. The van der Waals surface area contributed by atoms with Gasteiger partial charge in [0.15, 0.2) is 0 Å². The minimum atomic E-state index is 1.26. The van der Waals surface area contributed by atoms with Crippen LogP contribution in [0.1, 0.15) is 0 Å². The smallest absolute Gasteiger partial charge is 0.0215 e. The highest BCUT2D eigenvalue weighted by Crippen LogP contribution is 2.55. The highest BCUT2D eigenvalue weighted by atomic mass is 127. The van der Waals surface area contributed by atoms with Crippen LogP contribution in [0.25, 0.3) is 108 Å². The van der Waals surface area contributed by atoms with Gasteiger partial charge in [-0.25, -0.2) is 0 Å². The molecule has 0 aliphatic rings. The molecule has 212 valence electrons. The molecule has 0 N–H and O–H groups in total. The standard InChI is InChI=1S/C44H22I2/c45-35-21-33-28-16-8-14-26(24-11-5-2-6-12-24)38(28)34-22-36(46)30-18-17-29-27-15-7-13-25(23-9-3-1-4-10-23)37(27)32-20-19-31(35)41-42(32)39(29)40(30)44(34)43(33)41/h1-22H. The average molecular weight is 804 g/mol. The summed E-state index contributed by atoms with van der Waals surface area (Å²) < 4.78 is 2.61. The van der Waals surface area contributed by atoms with Crippen LogP contribution in [0.5, 0.6) is 0 Å². The Kier molecular flexibility index (Phi) is 5.16. The number of fused-ring (bicyclic) bond motifs is 6. The lowest BCUT2D eigenvalue weighted by Gasteiger charge is -2.25. The Hall–Kier alpha value is -4.26. The van der Waals surface area contributed by atoms with Crippen LogP contribution < -0.4 is 0 Å². The molecule has 0 aliphatic carbocycles. The van der Waals surface area contributed by atoms with Gasteiger partial charge >= 0.3 is 0 Å². The van der Waals surface area contributed by atoms with Gasteiger partial charge in [0.2, 0.25) is 0 Å². The summed E-state index contributed by atoms with van der Waals surface area (Å²) in [5.74, 6) is 0. The molecule has 11 aromatic rings. The summed E-state index contributed by atoms with van der Waals surface area (Å²) in [5.41, 5.74) is 5.12. The zero-order chi connectivity index (χ0) is 30.3. The third-order valence-corrected chi connectivity index (χ3v) is 12.2. The molecule has 0 nitrogen and oxygen atoms in total. The first-order chi connectivity index (χ1) is 22.7. The number of hydrogen-bond acceptors (Lipinski definition) is 0. The van der Waals surface area contributed by atoms with Crippen LogP contribution in [-0.2, 0) is 0 Å². The number of benzene rings is 11. The predicted octanol–water partition coefficient (Wildman–Crippen LogP) is 13.8. The summed E-state index contributed by atoms with van der Waals surface area (Å²) >= 11 is 5.17. The SMILES string of the molecule is Ic1cc2c3cccc(-c4ccccc4)c3c3cc(I)c4ccc5c6cccc(-c7ccccc7)c6c6ccc1c1c2c3c4c5c61. The van der Waals surface area contributed by atoms with Crippen molar-refractivity contribution in [2.75, 3.05) is 0 Å². The molecule has 11 aromatic carbocycles. The van der Waals surface area contributed by atoms with E-state index in [2.05, 4.69) is 179 Å².